The minimum atomic E-state index is -3.73. The van der Waals surface area contributed by atoms with Crippen molar-refractivity contribution < 1.29 is 13.2 Å². The fourth-order valence-electron chi connectivity index (χ4n) is 3.42. The summed E-state index contributed by atoms with van der Waals surface area (Å²) in [5.41, 5.74) is 6.68. The molecule has 1 N–H and O–H groups in total. The lowest BCUT2D eigenvalue weighted by molar-refractivity contribution is -0.119. The molecule has 0 radical (unpaired) electrons. The van der Waals surface area contributed by atoms with Crippen LogP contribution in [0.4, 0.5) is 5.69 Å². The fraction of sp³-hybridized carbons (Fsp3) is 0.217. The SMILES string of the molecule is Cc1ccc(N(CC(=O)N/N=C\c2cc(C)n(-c3cc(Cl)ccc3Cl)c2C)S(C)(=O)=O)cc1Cl. The Bertz CT molecular complexity index is 1380. The van der Waals surface area contributed by atoms with Crippen molar-refractivity contribution in [3.63, 3.8) is 0 Å². The van der Waals surface area contributed by atoms with E-state index in [9.17, 15) is 13.2 Å². The second-order valence-corrected chi connectivity index (χ2v) is 10.9. The van der Waals surface area contributed by atoms with Gasteiger partial charge in [-0.05, 0) is 62.7 Å². The van der Waals surface area contributed by atoms with E-state index >= 15 is 0 Å². The average molecular weight is 542 g/mol. The van der Waals surface area contributed by atoms with Crippen molar-refractivity contribution in [3.05, 3.63) is 80.0 Å². The molecule has 1 amide bonds. The number of nitrogens with zero attached hydrogens (tertiary/aromatic N) is 3. The van der Waals surface area contributed by atoms with E-state index in [-0.39, 0.29) is 0 Å². The molecule has 0 bridgehead atoms. The van der Waals surface area contributed by atoms with Gasteiger partial charge >= 0.3 is 0 Å². The molecule has 0 aliphatic heterocycles. The standard InChI is InChI=1S/C23H23Cl3N4O3S/c1-14-5-7-19(11-21(14)26)29(34(4,32)33)13-23(31)28-27-12-17-9-15(2)30(16(17)3)22-10-18(24)6-8-20(22)25/h5-12H,13H2,1-4H3,(H,28,31)/b27-12-. The van der Waals surface area contributed by atoms with Gasteiger partial charge in [-0.15, -0.1) is 0 Å². The summed E-state index contributed by atoms with van der Waals surface area (Å²) in [6, 6.07) is 11.9. The first-order valence-corrected chi connectivity index (χ1v) is 13.1. The first-order chi connectivity index (χ1) is 15.9. The minimum absolute atomic E-state index is 0.291. The number of carbonyl (C=O) groups is 1. The summed E-state index contributed by atoms with van der Waals surface area (Å²) in [4.78, 5) is 12.5. The highest BCUT2D eigenvalue weighted by molar-refractivity contribution is 7.92. The van der Waals surface area contributed by atoms with Crippen molar-refractivity contribution in [1.29, 1.82) is 0 Å². The number of benzene rings is 2. The first-order valence-electron chi connectivity index (χ1n) is 10.1. The highest BCUT2D eigenvalue weighted by Crippen LogP contribution is 2.29. The highest BCUT2D eigenvalue weighted by atomic mass is 35.5. The molecule has 0 atom stereocenters. The van der Waals surface area contributed by atoms with Crippen molar-refractivity contribution >= 4 is 62.6 Å². The van der Waals surface area contributed by atoms with Crippen molar-refractivity contribution in [1.82, 2.24) is 9.99 Å². The van der Waals surface area contributed by atoms with Gasteiger partial charge in [0.1, 0.15) is 6.54 Å². The van der Waals surface area contributed by atoms with Gasteiger partial charge in [0.25, 0.3) is 5.91 Å². The smallest absolute Gasteiger partial charge is 0.260 e. The fourth-order valence-corrected chi connectivity index (χ4v) is 4.81. The number of hydrogen-bond donors (Lipinski definition) is 1. The molecule has 1 heterocycles. The van der Waals surface area contributed by atoms with Crippen LogP contribution in [0.1, 0.15) is 22.5 Å². The van der Waals surface area contributed by atoms with Crippen LogP contribution in [0.2, 0.25) is 15.1 Å². The van der Waals surface area contributed by atoms with E-state index in [2.05, 4.69) is 10.5 Å². The van der Waals surface area contributed by atoms with Crippen LogP contribution in [0.15, 0.2) is 47.6 Å². The molecule has 0 aliphatic rings. The zero-order valence-corrected chi connectivity index (χ0v) is 22.0. The van der Waals surface area contributed by atoms with Crippen molar-refractivity contribution in [2.45, 2.75) is 20.8 Å². The predicted molar refractivity (Wildman–Crippen MR) is 139 cm³/mol. The Morgan fingerprint density at radius 3 is 2.41 bits per heavy atom. The maximum Gasteiger partial charge on any atom is 0.260 e. The summed E-state index contributed by atoms with van der Waals surface area (Å²) < 4.78 is 27.4. The van der Waals surface area contributed by atoms with Gasteiger partial charge < -0.3 is 4.57 Å². The lowest BCUT2D eigenvalue weighted by atomic mass is 10.2. The van der Waals surface area contributed by atoms with Gasteiger partial charge in [-0.3, -0.25) is 9.10 Å². The van der Waals surface area contributed by atoms with Crippen LogP contribution in [0.5, 0.6) is 0 Å². The van der Waals surface area contributed by atoms with Gasteiger partial charge in [-0.1, -0.05) is 40.9 Å². The Morgan fingerprint density at radius 1 is 1.06 bits per heavy atom. The van der Waals surface area contributed by atoms with Gasteiger partial charge in [0, 0.05) is 27.0 Å². The molecular weight excluding hydrogens is 519 g/mol. The number of hydrazone groups is 1. The predicted octanol–water partition coefficient (Wildman–Crippen LogP) is 5.28. The van der Waals surface area contributed by atoms with E-state index in [0.29, 0.717) is 20.8 Å². The summed E-state index contributed by atoms with van der Waals surface area (Å²) >= 11 is 18.6. The average Bonchev–Trinajstić information content (AvgIpc) is 3.02. The second kappa shape index (κ2) is 10.4. The molecule has 0 fully saturated rings. The summed E-state index contributed by atoms with van der Waals surface area (Å²) in [5, 5.41) is 5.51. The van der Waals surface area contributed by atoms with E-state index < -0.39 is 22.5 Å². The molecule has 2 aromatic carbocycles. The Kier molecular flexibility index (Phi) is 7.98. The highest BCUT2D eigenvalue weighted by Gasteiger charge is 2.21. The topological polar surface area (TPSA) is 83.8 Å². The van der Waals surface area contributed by atoms with Crippen LogP contribution in [-0.4, -0.2) is 37.9 Å². The second-order valence-electron chi connectivity index (χ2n) is 7.75. The Labute approximate surface area is 214 Å². The van der Waals surface area contributed by atoms with E-state index in [1.54, 1.807) is 37.3 Å². The Hall–Kier alpha value is -2.52. The van der Waals surface area contributed by atoms with Crippen LogP contribution < -0.4 is 9.73 Å². The normalized spacial score (nSPS) is 11.7. The molecule has 0 saturated heterocycles. The number of rotatable bonds is 7. The molecule has 3 aromatic rings. The molecule has 3 rings (SSSR count). The summed E-state index contributed by atoms with van der Waals surface area (Å²) in [7, 11) is -3.73. The molecule has 11 heteroatoms. The van der Waals surface area contributed by atoms with Gasteiger partial charge in [0.15, 0.2) is 0 Å². The van der Waals surface area contributed by atoms with Crippen LogP contribution in [0, 0.1) is 20.8 Å². The number of nitrogens with one attached hydrogen (secondary N) is 1. The molecule has 0 saturated carbocycles. The largest absolute Gasteiger partial charge is 0.316 e. The quantitative estimate of drug-likeness (QED) is 0.326. The minimum Gasteiger partial charge on any atom is -0.316 e. The van der Waals surface area contributed by atoms with E-state index in [1.165, 1.54) is 12.3 Å². The molecular formula is C23H23Cl3N4O3S. The number of aromatic nitrogens is 1. The number of sulfonamides is 1. The molecule has 0 aliphatic carbocycles. The van der Waals surface area contributed by atoms with Crippen molar-refractivity contribution in [2.75, 3.05) is 17.1 Å². The maximum atomic E-state index is 12.5. The molecule has 0 unspecified atom stereocenters. The zero-order valence-electron chi connectivity index (χ0n) is 18.9. The lowest BCUT2D eigenvalue weighted by Gasteiger charge is -2.21. The van der Waals surface area contributed by atoms with Gasteiger partial charge in [0.05, 0.1) is 28.9 Å². The van der Waals surface area contributed by atoms with E-state index in [0.717, 1.165) is 38.8 Å². The maximum absolute atomic E-state index is 12.5. The van der Waals surface area contributed by atoms with Crippen molar-refractivity contribution in [3.8, 4) is 5.69 Å². The number of amides is 1. The Morgan fingerprint density at radius 2 is 1.76 bits per heavy atom. The first kappa shape index (κ1) is 26.1. The molecule has 1 aromatic heterocycles. The van der Waals surface area contributed by atoms with E-state index in [1.807, 2.05) is 24.5 Å². The third-order valence-electron chi connectivity index (χ3n) is 5.14. The van der Waals surface area contributed by atoms with Gasteiger partial charge in [-0.25, -0.2) is 13.8 Å². The number of carbonyl (C=O) groups excluding carboxylic acids is 1. The number of halogens is 3. The number of hydrogen-bond acceptors (Lipinski definition) is 4. The third kappa shape index (κ3) is 5.93. The summed E-state index contributed by atoms with van der Waals surface area (Å²) in [5.74, 6) is -0.606. The monoisotopic (exact) mass is 540 g/mol. The number of anilines is 1. The Balaban J connectivity index is 1.78. The lowest BCUT2D eigenvalue weighted by Crippen LogP contribution is -2.39. The van der Waals surface area contributed by atoms with Crippen LogP contribution in [0.3, 0.4) is 0 Å². The summed E-state index contributed by atoms with van der Waals surface area (Å²) in [6.07, 6.45) is 2.51. The summed E-state index contributed by atoms with van der Waals surface area (Å²) in [6.45, 7) is 5.15. The molecule has 7 nitrogen and oxygen atoms in total. The molecule has 0 spiro atoms. The van der Waals surface area contributed by atoms with Gasteiger partial charge in [0.2, 0.25) is 10.0 Å². The van der Waals surface area contributed by atoms with Gasteiger partial charge in [-0.2, -0.15) is 5.10 Å². The molecule has 34 heavy (non-hydrogen) atoms. The van der Waals surface area contributed by atoms with E-state index in [4.69, 9.17) is 34.8 Å². The zero-order chi connectivity index (χ0) is 25.2. The van der Waals surface area contributed by atoms with Crippen LogP contribution in [0.25, 0.3) is 5.69 Å². The number of aryl methyl sites for hydroxylation is 2. The third-order valence-corrected chi connectivity index (χ3v) is 7.25. The molecule has 180 valence electrons. The van der Waals surface area contributed by atoms with Crippen LogP contribution >= 0.6 is 34.8 Å². The van der Waals surface area contributed by atoms with Crippen LogP contribution in [-0.2, 0) is 14.8 Å². The van der Waals surface area contributed by atoms with Crippen molar-refractivity contribution in [2.24, 2.45) is 5.10 Å².